The Labute approximate surface area is 222 Å². The summed E-state index contributed by atoms with van der Waals surface area (Å²) in [6.45, 7) is 5.53. The van der Waals surface area contributed by atoms with Crippen LogP contribution < -0.4 is 10.6 Å². The molecule has 37 heavy (non-hydrogen) atoms. The first kappa shape index (κ1) is 24.9. The third kappa shape index (κ3) is 5.33. The number of anilines is 2. The molecular formula is C27H25ClN6O2S. The second kappa shape index (κ2) is 10.3. The van der Waals surface area contributed by atoms with E-state index >= 15 is 0 Å². The molecular weight excluding hydrogens is 508 g/mol. The molecule has 0 aliphatic heterocycles. The number of thiazole rings is 1. The summed E-state index contributed by atoms with van der Waals surface area (Å²) in [6.07, 6.45) is 2.39. The summed E-state index contributed by atoms with van der Waals surface area (Å²) in [5.74, 6) is 0.466. The van der Waals surface area contributed by atoms with Crippen LogP contribution in [0.5, 0.6) is 0 Å². The molecule has 3 aromatic heterocycles. The summed E-state index contributed by atoms with van der Waals surface area (Å²) in [5, 5.41) is 16.3. The van der Waals surface area contributed by atoms with Crippen molar-refractivity contribution >= 4 is 61.3 Å². The lowest BCUT2D eigenvalue weighted by Crippen LogP contribution is -2.40. The number of pyridine rings is 1. The van der Waals surface area contributed by atoms with E-state index in [0.717, 1.165) is 26.6 Å². The zero-order valence-electron chi connectivity index (χ0n) is 20.5. The fourth-order valence-corrected chi connectivity index (χ4v) is 5.26. The number of Topliss-reactive ketones (excluding diaryl/α,β-unsaturated/α-hetero) is 1. The molecule has 1 amide bonds. The predicted molar refractivity (Wildman–Crippen MR) is 148 cm³/mol. The van der Waals surface area contributed by atoms with E-state index in [1.165, 1.54) is 18.3 Å². The number of carbonyl (C=O) groups excluding carboxylic acids is 2. The zero-order chi connectivity index (χ0) is 26.1. The third-order valence-corrected chi connectivity index (χ3v) is 7.10. The van der Waals surface area contributed by atoms with E-state index in [1.54, 1.807) is 16.5 Å². The summed E-state index contributed by atoms with van der Waals surface area (Å²) in [6, 6.07) is 16.3. The Hall–Kier alpha value is -3.82. The normalized spacial score (nSPS) is 12.2. The Bertz CT molecular complexity index is 1610. The predicted octanol–water partition coefficient (Wildman–Crippen LogP) is 6.14. The van der Waals surface area contributed by atoms with Crippen molar-refractivity contribution in [3.63, 3.8) is 0 Å². The standard InChI is InChI=1S/C27H25ClN6O2S/c1-15(2)13-22(16(3)35)30-26(36)20-5-4-12-34-24(32-33-25(20)34)17-6-9-19(10-7-17)29-27-31-21-11-8-18(28)14-23(21)37-27/h4-12,14-15,22H,13H2,1-3H3,(H,29,31)(H,30,36)/t22-/m0/s1. The van der Waals surface area contributed by atoms with E-state index in [1.807, 2.05) is 62.5 Å². The third-order valence-electron chi connectivity index (χ3n) is 5.93. The lowest BCUT2D eigenvalue weighted by molar-refractivity contribution is -0.119. The molecule has 0 saturated carbocycles. The fraction of sp³-hybridized carbons (Fsp3) is 0.222. The highest BCUT2D eigenvalue weighted by molar-refractivity contribution is 7.22. The molecule has 2 N–H and O–H groups in total. The van der Waals surface area contributed by atoms with E-state index in [0.29, 0.717) is 28.5 Å². The topological polar surface area (TPSA) is 101 Å². The van der Waals surface area contributed by atoms with Gasteiger partial charge in [0.2, 0.25) is 0 Å². The van der Waals surface area contributed by atoms with Crippen LogP contribution in [0.4, 0.5) is 10.8 Å². The Morgan fingerprint density at radius 1 is 1.08 bits per heavy atom. The van der Waals surface area contributed by atoms with Gasteiger partial charge in [0, 0.05) is 22.5 Å². The van der Waals surface area contributed by atoms with Crippen LogP contribution in [-0.4, -0.2) is 37.3 Å². The van der Waals surface area contributed by atoms with Gasteiger partial charge in [0.25, 0.3) is 5.91 Å². The van der Waals surface area contributed by atoms with Gasteiger partial charge in [-0.15, -0.1) is 10.2 Å². The van der Waals surface area contributed by atoms with Gasteiger partial charge in [0.1, 0.15) is 0 Å². The number of ketones is 1. The van der Waals surface area contributed by atoms with E-state index < -0.39 is 6.04 Å². The Morgan fingerprint density at radius 2 is 1.86 bits per heavy atom. The summed E-state index contributed by atoms with van der Waals surface area (Å²) >= 11 is 7.62. The van der Waals surface area contributed by atoms with Gasteiger partial charge in [-0.25, -0.2) is 4.98 Å². The van der Waals surface area contributed by atoms with Gasteiger partial charge in [-0.3, -0.25) is 14.0 Å². The van der Waals surface area contributed by atoms with Crippen LogP contribution in [0.15, 0.2) is 60.8 Å². The molecule has 2 aromatic carbocycles. The average molecular weight is 533 g/mol. The summed E-state index contributed by atoms with van der Waals surface area (Å²) in [7, 11) is 0. The van der Waals surface area contributed by atoms with Crippen molar-refractivity contribution in [2.75, 3.05) is 5.32 Å². The average Bonchev–Trinajstić information content (AvgIpc) is 3.47. The van der Waals surface area contributed by atoms with Crippen molar-refractivity contribution in [3.8, 4) is 11.4 Å². The smallest absolute Gasteiger partial charge is 0.255 e. The largest absolute Gasteiger partial charge is 0.342 e. The Morgan fingerprint density at radius 3 is 2.59 bits per heavy atom. The molecule has 0 fully saturated rings. The van der Waals surface area contributed by atoms with Gasteiger partial charge < -0.3 is 10.6 Å². The van der Waals surface area contributed by atoms with Gasteiger partial charge in [0.15, 0.2) is 22.4 Å². The van der Waals surface area contributed by atoms with Crippen molar-refractivity contribution in [2.45, 2.75) is 33.2 Å². The number of benzene rings is 2. The molecule has 5 aromatic rings. The summed E-state index contributed by atoms with van der Waals surface area (Å²) in [5.41, 5.74) is 3.40. The quantitative estimate of drug-likeness (QED) is 0.249. The molecule has 0 aliphatic carbocycles. The zero-order valence-corrected chi connectivity index (χ0v) is 22.1. The van der Waals surface area contributed by atoms with Crippen molar-refractivity contribution in [1.29, 1.82) is 0 Å². The molecule has 3 heterocycles. The number of carbonyl (C=O) groups is 2. The number of rotatable bonds is 8. The van der Waals surface area contributed by atoms with Crippen LogP contribution in [0.2, 0.25) is 5.02 Å². The second-order valence-corrected chi connectivity index (χ2v) is 10.7. The molecule has 1 atom stereocenters. The number of nitrogens with one attached hydrogen (secondary N) is 2. The van der Waals surface area contributed by atoms with Crippen molar-refractivity contribution in [1.82, 2.24) is 24.9 Å². The lowest BCUT2D eigenvalue weighted by atomic mass is 10.0. The maximum atomic E-state index is 13.0. The molecule has 5 rings (SSSR count). The molecule has 0 bridgehead atoms. The first-order valence-electron chi connectivity index (χ1n) is 11.9. The minimum atomic E-state index is -0.539. The highest BCUT2D eigenvalue weighted by Crippen LogP contribution is 2.31. The van der Waals surface area contributed by atoms with E-state index in [-0.39, 0.29) is 17.6 Å². The van der Waals surface area contributed by atoms with Crippen LogP contribution in [0, 0.1) is 5.92 Å². The number of hydrogen-bond acceptors (Lipinski definition) is 7. The van der Waals surface area contributed by atoms with Crippen LogP contribution >= 0.6 is 22.9 Å². The maximum absolute atomic E-state index is 13.0. The molecule has 0 radical (unpaired) electrons. The molecule has 10 heteroatoms. The molecule has 0 spiro atoms. The molecule has 188 valence electrons. The van der Waals surface area contributed by atoms with Crippen molar-refractivity contribution in [2.24, 2.45) is 5.92 Å². The van der Waals surface area contributed by atoms with Crippen LogP contribution in [0.25, 0.3) is 27.3 Å². The SMILES string of the molecule is CC(=O)[C@H](CC(C)C)NC(=O)c1cccn2c(-c3ccc(Nc4nc5ccc(Cl)cc5s4)cc3)nnc12. The number of fused-ring (bicyclic) bond motifs is 2. The molecule has 0 aliphatic rings. The van der Waals surface area contributed by atoms with Crippen LogP contribution in [0.1, 0.15) is 37.6 Å². The van der Waals surface area contributed by atoms with E-state index in [2.05, 4.69) is 25.8 Å². The van der Waals surface area contributed by atoms with E-state index in [9.17, 15) is 9.59 Å². The Balaban J connectivity index is 1.37. The maximum Gasteiger partial charge on any atom is 0.255 e. The minimum Gasteiger partial charge on any atom is -0.342 e. The number of halogens is 1. The first-order valence-corrected chi connectivity index (χ1v) is 13.1. The minimum absolute atomic E-state index is 0.0699. The highest BCUT2D eigenvalue weighted by Gasteiger charge is 2.22. The van der Waals surface area contributed by atoms with Crippen molar-refractivity contribution in [3.05, 3.63) is 71.4 Å². The second-order valence-electron chi connectivity index (χ2n) is 9.24. The monoisotopic (exact) mass is 532 g/mol. The number of amides is 1. The number of nitrogens with zero attached hydrogens (tertiary/aromatic N) is 4. The highest BCUT2D eigenvalue weighted by atomic mass is 35.5. The molecule has 0 unspecified atom stereocenters. The molecule has 8 nitrogen and oxygen atoms in total. The van der Waals surface area contributed by atoms with Crippen LogP contribution in [0.3, 0.4) is 0 Å². The van der Waals surface area contributed by atoms with Gasteiger partial charge in [-0.1, -0.05) is 36.8 Å². The van der Waals surface area contributed by atoms with Gasteiger partial charge >= 0.3 is 0 Å². The molecule has 0 saturated heterocycles. The first-order chi connectivity index (χ1) is 17.8. The van der Waals surface area contributed by atoms with Gasteiger partial charge in [0.05, 0.1) is 21.8 Å². The van der Waals surface area contributed by atoms with Gasteiger partial charge in [-0.05, 0) is 73.9 Å². The van der Waals surface area contributed by atoms with Gasteiger partial charge in [-0.2, -0.15) is 0 Å². The summed E-state index contributed by atoms with van der Waals surface area (Å²) in [4.78, 5) is 29.7. The lowest BCUT2D eigenvalue weighted by Gasteiger charge is -2.18. The number of aromatic nitrogens is 4. The van der Waals surface area contributed by atoms with Crippen molar-refractivity contribution < 1.29 is 9.59 Å². The van der Waals surface area contributed by atoms with E-state index in [4.69, 9.17) is 11.6 Å². The number of hydrogen-bond donors (Lipinski definition) is 2. The Kier molecular flexibility index (Phi) is 6.90. The van der Waals surface area contributed by atoms with Crippen LogP contribution in [-0.2, 0) is 4.79 Å². The summed E-state index contributed by atoms with van der Waals surface area (Å²) < 4.78 is 2.79. The fourth-order valence-electron chi connectivity index (χ4n) is 4.10.